The van der Waals surface area contributed by atoms with E-state index < -0.39 is 17.8 Å². The standard InChI is InChI=1S/C9H9BrF3N/c10-7-1-2-8(12)6(9(7)13)3-5(11)4-14/h1-2,5H,3-4,14H2. The van der Waals surface area contributed by atoms with Crippen LogP contribution in [0.4, 0.5) is 13.2 Å². The van der Waals surface area contributed by atoms with Crippen LogP contribution in [0.3, 0.4) is 0 Å². The molecule has 78 valence electrons. The summed E-state index contributed by atoms with van der Waals surface area (Å²) >= 11 is 2.90. The third kappa shape index (κ3) is 2.48. The van der Waals surface area contributed by atoms with Gasteiger partial charge in [-0.1, -0.05) is 0 Å². The quantitative estimate of drug-likeness (QED) is 0.838. The molecule has 0 bridgehead atoms. The molecule has 0 radical (unpaired) electrons. The number of nitrogens with two attached hydrogens (primary N) is 1. The van der Waals surface area contributed by atoms with Crippen molar-refractivity contribution < 1.29 is 13.2 Å². The van der Waals surface area contributed by atoms with Crippen molar-refractivity contribution in [2.45, 2.75) is 12.6 Å². The molecule has 0 aromatic heterocycles. The van der Waals surface area contributed by atoms with Crippen LogP contribution < -0.4 is 5.73 Å². The maximum atomic E-state index is 13.3. The molecule has 0 fully saturated rings. The summed E-state index contributed by atoms with van der Waals surface area (Å²) < 4.78 is 39.3. The minimum atomic E-state index is -1.42. The molecule has 0 saturated carbocycles. The van der Waals surface area contributed by atoms with Gasteiger partial charge in [-0.05, 0) is 28.1 Å². The molecular weight excluding hydrogens is 259 g/mol. The molecule has 1 nitrogen and oxygen atoms in total. The average molecular weight is 268 g/mol. The van der Waals surface area contributed by atoms with Crippen molar-refractivity contribution in [1.82, 2.24) is 0 Å². The first-order valence-corrected chi connectivity index (χ1v) is 4.82. The lowest BCUT2D eigenvalue weighted by Crippen LogP contribution is -2.19. The Morgan fingerprint density at radius 3 is 2.57 bits per heavy atom. The molecule has 1 atom stereocenters. The lowest BCUT2D eigenvalue weighted by atomic mass is 10.1. The van der Waals surface area contributed by atoms with Crippen LogP contribution in [-0.4, -0.2) is 12.7 Å². The molecule has 2 N–H and O–H groups in total. The van der Waals surface area contributed by atoms with E-state index in [0.29, 0.717) is 0 Å². The molecule has 14 heavy (non-hydrogen) atoms. The van der Waals surface area contributed by atoms with Gasteiger partial charge in [-0.25, -0.2) is 13.2 Å². The van der Waals surface area contributed by atoms with Crippen LogP contribution in [0.25, 0.3) is 0 Å². The molecule has 0 aliphatic heterocycles. The molecule has 0 amide bonds. The molecule has 1 aromatic rings. The van der Waals surface area contributed by atoms with Gasteiger partial charge in [-0.2, -0.15) is 0 Å². The lowest BCUT2D eigenvalue weighted by Gasteiger charge is -2.08. The summed E-state index contributed by atoms with van der Waals surface area (Å²) in [5.74, 6) is -1.51. The normalized spacial score (nSPS) is 12.9. The smallest absolute Gasteiger partial charge is 0.143 e. The average Bonchev–Trinajstić information content (AvgIpc) is 2.18. The van der Waals surface area contributed by atoms with E-state index in [0.717, 1.165) is 6.07 Å². The summed E-state index contributed by atoms with van der Waals surface area (Å²) in [6, 6.07) is 2.33. The molecule has 0 heterocycles. The second-order valence-corrected chi connectivity index (χ2v) is 3.71. The molecule has 0 aliphatic rings. The van der Waals surface area contributed by atoms with Crippen LogP contribution >= 0.6 is 15.9 Å². The number of hydrogen-bond acceptors (Lipinski definition) is 1. The number of halogens is 4. The van der Waals surface area contributed by atoms with E-state index in [4.69, 9.17) is 5.73 Å². The summed E-state index contributed by atoms with van der Waals surface area (Å²) in [5.41, 5.74) is 4.76. The van der Waals surface area contributed by atoms with E-state index in [9.17, 15) is 13.2 Å². The zero-order valence-corrected chi connectivity index (χ0v) is 8.82. The predicted octanol–water partition coefficient (Wildman–Crippen LogP) is 2.57. The third-order valence-electron chi connectivity index (χ3n) is 1.82. The molecule has 1 rings (SSSR count). The van der Waals surface area contributed by atoms with Crippen LogP contribution in [0.2, 0.25) is 0 Å². The molecule has 5 heteroatoms. The van der Waals surface area contributed by atoms with Crippen LogP contribution in [0.5, 0.6) is 0 Å². The molecule has 1 aromatic carbocycles. The first-order chi connectivity index (χ1) is 6.56. The Morgan fingerprint density at radius 2 is 2.00 bits per heavy atom. The van der Waals surface area contributed by atoms with Gasteiger partial charge in [0.15, 0.2) is 0 Å². The van der Waals surface area contributed by atoms with Gasteiger partial charge in [-0.3, -0.25) is 0 Å². The number of benzene rings is 1. The van der Waals surface area contributed by atoms with Crippen molar-refractivity contribution >= 4 is 15.9 Å². The minimum absolute atomic E-state index is 0.123. The first-order valence-electron chi connectivity index (χ1n) is 4.02. The molecular formula is C9H9BrF3N. The summed E-state index contributed by atoms with van der Waals surface area (Å²) in [6.07, 6.45) is -1.76. The predicted molar refractivity (Wildman–Crippen MR) is 51.7 cm³/mol. The summed E-state index contributed by atoms with van der Waals surface area (Å²) in [6.45, 7) is -0.245. The third-order valence-corrected chi connectivity index (χ3v) is 2.43. The monoisotopic (exact) mass is 267 g/mol. The highest BCUT2D eigenvalue weighted by molar-refractivity contribution is 9.10. The molecule has 1 unspecified atom stereocenters. The Morgan fingerprint density at radius 1 is 1.36 bits per heavy atom. The van der Waals surface area contributed by atoms with E-state index in [-0.39, 0.29) is 23.0 Å². The molecule has 0 saturated heterocycles. The van der Waals surface area contributed by atoms with Gasteiger partial charge in [0.2, 0.25) is 0 Å². The van der Waals surface area contributed by atoms with Gasteiger partial charge in [0.25, 0.3) is 0 Å². The van der Waals surface area contributed by atoms with E-state index in [1.54, 1.807) is 0 Å². The SMILES string of the molecule is NCC(F)Cc1c(F)ccc(Br)c1F. The highest BCUT2D eigenvalue weighted by Gasteiger charge is 2.16. The summed E-state index contributed by atoms with van der Waals surface area (Å²) in [5, 5.41) is 0. The van der Waals surface area contributed by atoms with Gasteiger partial charge in [0, 0.05) is 18.5 Å². The van der Waals surface area contributed by atoms with Crippen molar-refractivity contribution in [3.8, 4) is 0 Å². The molecule has 0 aliphatic carbocycles. The van der Waals surface area contributed by atoms with Gasteiger partial charge in [0.1, 0.15) is 17.8 Å². The van der Waals surface area contributed by atoms with Gasteiger partial charge < -0.3 is 5.73 Å². The highest BCUT2D eigenvalue weighted by Crippen LogP contribution is 2.23. The van der Waals surface area contributed by atoms with Crippen LogP contribution in [0, 0.1) is 11.6 Å². The van der Waals surface area contributed by atoms with Crippen LogP contribution in [-0.2, 0) is 6.42 Å². The molecule has 0 spiro atoms. The van der Waals surface area contributed by atoms with Crippen molar-refractivity contribution in [2.24, 2.45) is 5.73 Å². The number of hydrogen-bond donors (Lipinski definition) is 1. The lowest BCUT2D eigenvalue weighted by molar-refractivity contribution is 0.332. The maximum absolute atomic E-state index is 13.3. The minimum Gasteiger partial charge on any atom is -0.328 e. The van der Waals surface area contributed by atoms with Crippen molar-refractivity contribution in [3.05, 3.63) is 33.8 Å². The Labute approximate surface area is 88.2 Å². The summed E-state index contributed by atoms with van der Waals surface area (Å²) in [7, 11) is 0. The van der Waals surface area contributed by atoms with Crippen LogP contribution in [0.15, 0.2) is 16.6 Å². The zero-order valence-electron chi connectivity index (χ0n) is 7.24. The van der Waals surface area contributed by atoms with Gasteiger partial charge in [0.05, 0.1) is 4.47 Å². The number of alkyl halides is 1. The topological polar surface area (TPSA) is 26.0 Å². The van der Waals surface area contributed by atoms with Gasteiger partial charge >= 0.3 is 0 Å². The zero-order chi connectivity index (χ0) is 10.7. The van der Waals surface area contributed by atoms with Crippen molar-refractivity contribution in [2.75, 3.05) is 6.54 Å². The Bertz CT molecular complexity index is 330. The fraction of sp³-hybridized carbons (Fsp3) is 0.333. The van der Waals surface area contributed by atoms with Crippen LogP contribution in [0.1, 0.15) is 5.56 Å². The second kappa shape index (κ2) is 4.79. The van der Waals surface area contributed by atoms with Gasteiger partial charge in [-0.15, -0.1) is 0 Å². The maximum Gasteiger partial charge on any atom is 0.143 e. The Balaban J connectivity index is 3.00. The fourth-order valence-electron chi connectivity index (χ4n) is 1.06. The van der Waals surface area contributed by atoms with E-state index in [1.807, 2.05) is 0 Å². The Kier molecular flexibility index (Phi) is 3.95. The van der Waals surface area contributed by atoms with E-state index in [2.05, 4.69) is 15.9 Å². The largest absolute Gasteiger partial charge is 0.328 e. The van der Waals surface area contributed by atoms with Crippen molar-refractivity contribution in [3.63, 3.8) is 0 Å². The fourth-order valence-corrected chi connectivity index (χ4v) is 1.43. The second-order valence-electron chi connectivity index (χ2n) is 2.86. The highest BCUT2D eigenvalue weighted by atomic mass is 79.9. The van der Waals surface area contributed by atoms with E-state index >= 15 is 0 Å². The first kappa shape index (κ1) is 11.5. The Hall–Kier alpha value is -0.550. The number of rotatable bonds is 3. The van der Waals surface area contributed by atoms with Crippen molar-refractivity contribution in [1.29, 1.82) is 0 Å². The summed E-state index contributed by atoms with van der Waals surface area (Å²) in [4.78, 5) is 0. The van der Waals surface area contributed by atoms with E-state index in [1.165, 1.54) is 6.07 Å².